The Morgan fingerprint density at radius 3 is 2.92 bits per heavy atom. The summed E-state index contributed by atoms with van der Waals surface area (Å²) in [6.07, 6.45) is 1.21. The average Bonchev–Trinajstić information content (AvgIpc) is 3.13. The third kappa shape index (κ3) is 3.97. The molecule has 0 bridgehead atoms. The third-order valence-electron chi connectivity index (χ3n) is 4.56. The number of H-pyrrole nitrogens is 1. The molecule has 2 heterocycles. The minimum Gasteiger partial charge on any atom is -0.391 e. The van der Waals surface area contributed by atoms with Crippen molar-refractivity contribution in [2.75, 3.05) is 13.1 Å². The van der Waals surface area contributed by atoms with Crippen LogP contribution in [0.3, 0.4) is 0 Å². The molecule has 5 nitrogen and oxygen atoms in total. The standard InChI is InChI=1S/C18H22ClN3O2/c1-12-8-15(21-20-12)9-14-10-22(11-17(14)23)18(24)7-6-13-4-2-3-5-16(13)19/h2-5,8,14,17,23H,6-7,9-11H2,1H3,(H,20,21)/t14-,17-/m1/s1. The van der Waals surface area contributed by atoms with Gasteiger partial charge < -0.3 is 10.0 Å². The maximum atomic E-state index is 12.4. The van der Waals surface area contributed by atoms with Crippen molar-refractivity contribution in [2.45, 2.75) is 32.3 Å². The number of likely N-dealkylation sites (tertiary alicyclic amines) is 1. The SMILES string of the molecule is Cc1cc(C[C@@H]2CN(C(=O)CCc3ccccc3Cl)C[C@H]2O)n[nH]1. The lowest BCUT2D eigenvalue weighted by Crippen LogP contribution is -2.29. The summed E-state index contributed by atoms with van der Waals surface area (Å²) >= 11 is 6.13. The summed E-state index contributed by atoms with van der Waals surface area (Å²) in [6, 6.07) is 9.56. The van der Waals surface area contributed by atoms with E-state index in [0.29, 0.717) is 37.4 Å². The number of aromatic nitrogens is 2. The maximum Gasteiger partial charge on any atom is 0.223 e. The number of benzene rings is 1. The monoisotopic (exact) mass is 347 g/mol. The smallest absolute Gasteiger partial charge is 0.223 e. The number of hydrogen-bond donors (Lipinski definition) is 2. The molecule has 1 aromatic carbocycles. The number of nitrogens with one attached hydrogen (secondary N) is 1. The van der Waals surface area contributed by atoms with E-state index in [1.807, 2.05) is 37.3 Å². The molecule has 1 aliphatic rings. The molecule has 0 saturated carbocycles. The highest BCUT2D eigenvalue weighted by Gasteiger charge is 2.34. The quantitative estimate of drug-likeness (QED) is 0.872. The molecule has 1 fully saturated rings. The van der Waals surface area contributed by atoms with Gasteiger partial charge in [-0.3, -0.25) is 9.89 Å². The van der Waals surface area contributed by atoms with Gasteiger partial charge in [0.2, 0.25) is 5.91 Å². The number of aromatic amines is 1. The number of aliphatic hydroxyl groups excluding tert-OH is 1. The van der Waals surface area contributed by atoms with Crippen LogP contribution in [0.25, 0.3) is 0 Å². The van der Waals surface area contributed by atoms with Crippen molar-refractivity contribution < 1.29 is 9.90 Å². The number of aliphatic hydroxyl groups is 1. The fourth-order valence-electron chi connectivity index (χ4n) is 3.21. The Hall–Kier alpha value is -1.85. The van der Waals surface area contributed by atoms with Crippen molar-refractivity contribution in [1.82, 2.24) is 15.1 Å². The lowest BCUT2D eigenvalue weighted by atomic mass is 10.0. The second kappa shape index (κ2) is 7.36. The zero-order valence-electron chi connectivity index (χ0n) is 13.7. The fraction of sp³-hybridized carbons (Fsp3) is 0.444. The van der Waals surface area contributed by atoms with E-state index >= 15 is 0 Å². The highest BCUT2D eigenvalue weighted by molar-refractivity contribution is 6.31. The highest BCUT2D eigenvalue weighted by Crippen LogP contribution is 2.23. The first-order valence-electron chi connectivity index (χ1n) is 8.23. The third-order valence-corrected chi connectivity index (χ3v) is 4.92. The fourth-order valence-corrected chi connectivity index (χ4v) is 3.44. The molecule has 1 amide bonds. The Labute approximate surface area is 146 Å². The van der Waals surface area contributed by atoms with Gasteiger partial charge in [0.1, 0.15) is 0 Å². The van der Waals surface area contributed by atoms with Crippen LogP contribution in [0.1, 0.15) is 23.4 Å². The number of amides is 1. The van der Waals surface area contributed by atoms with Crippen molar-refractivity contribution in [2.24, 2.45) is 5.92 Å². The molecule has 24 heavy (non-hydrogen) atoms. The molecular formula is C18H22ClN3O2. The minimum absolute atomic E-state index is 0.0389. The number of hydrogen-bond acceptors (Lipinski definition) is 3. The van der Waals surface area contributed by atoms with Crippen LogP contribution in [0.4, 0.5) is 0 Å². The summed E-state index contributed by atoms with van der Waals surface area (Å²) in [4.78, 5) is 14.2. The van der Waals surface area contributed by atoms with Crippen LogP contribution >= 0.6 is 11.6 Å². The molecule has 3 rings (SSSR count). The van der Waals surface area contributed by atoms with Gasteiger partial charge in [-0.2, -0.15) is 5.10 Å². The Morgan fingerprint density at radius 2 is 2.21 bits per heavy atom. The maximum absolute atomic E-state index is 12.4. The van der Waals surface area contributed by atoms with Crippen LogP contribution in [-0.2, 0) is 17.6 Å². The number of halogens is 1. The van der Waals surface area contributed by atoms with Crippen LogP contribution in [0, 0.1) is 12.8 Å². The number of nitrogens with zero attached hydrogens (tertiary/aromatic N) is 2. The van der Waals surface area contributed by atoms with Gasteiger partial charge in [0, 0.05) is 36.1 Å². The first-order chi connectivity index (χ1) is 11.5. The van der Waals surface area contributed by atoms with Gasteiger partial charge in [0.05, 0.1) is 11.8 Å². The normalized spacial score (nSPS) is 20.5. The molecule has 2 aromatic rings. The number of β-amino-alcohol motifs (C(OH)–C–C–N with tert-alkyl or cyclic N) is 1. The lowest BCUT2D eigenvalue weighted by Gasteiger charge is -2.16. The Balaban J connectivity index is 1.54. The van der Waals surface area contributed by atoms with Gasteiger partial charge in [-0.25, -0.2) is 0 Å². The average molecular weight is 348 g/mol. The van der Waals surface area contributed by atoms with Crippen LogP contribution in [0.2, 0.25) is 5.02 Å². The second-order valence-electron chi connectivity index (χ2n) is 6.46. The van der Waals surface area contributed by atoms with Crippen molar-refractivity contribution in [3.05, 3.63) is 52.3 Å². The zero-order chi connectivity index (χ0) is 17.1. The van der Waals surface area contributed by atoms with Crippen molar-refractivity contribution in [1.29, 1.82) is 0 Å². The van der Waals surface area contributed by atoms with E-state index < -0.39 is 6.10 Å². The molecule has 1 aromatic heterocycles. The summed E-state index contributed by atoms with van der Waals surface area (Å²) < 4.78 is 0. The predicted molar refractivity (Wildman–Crippen MR) is 92.9 cm³/mol. The van der Waals surface area contributed by atoms with E-state index in [4.69, 9.17) is 11.6 Å². The molecule has 0 aliphatic carbocycles. The summed E-state index contributed by atoms with van der Waals surface area (Å²) in [5, 5.41) is 18.1. The molecule has 0 unspecified atom stereocenters. The first kappa shape index (κ1) is 17.0. The largest absolute Gasteiger partial charge is 0.391 e. The summed E-state index contributed by atoms with van der Waals surface area (Å²) in [6.45, 7) is 2.93. The van der Waals surface area contributed by atoms with Gasteiger partial charge >= 0.3 is 0 Å². The van der Waals surface area contributed by atoms with Gasteiger partial charge in [-0.05, 0) is 37.5 Å². The highest BCUT2D eigenvalue weighted by atomic mass is 35.5. The van der Waals surface area contributed by atoms with Gasteiger partial charge in [0.15, 0.2) is 0 Å². The molecule has 2 N–H and O–H groups in total. The summed E-state index contributed by atoms with van der Waals surface area (Å²) in [5.74, 6) is 0.103. The van der Waals surface area contributed by atoms with Crippen LogP contribution in [0.5, 0.6) is 0 Å². The zero-order valence-corrected chi connectivity index (χ0v) is 14.5. The number of aryl methyl sites for hydroxylation is 2. The first-order valence-corrected chi connectivity index (χ1v) is 8.61. The molecule has 0 radical (unpaired) electrons. The van der Waals surface area contributed by atoms with Crippen molar-refractivity contribution in [3.63, 3.8) is 0 Å². The molecule has 1 saturated heterocycles. The molecule has 6 heteroatoms. The van der Waals surface area contributed by atoms with Crippen molar-refractivity contribution >= 4 is 17.5 Å². The topological polar surface area (TPSA) is 69.2 Å². The molecule has 1 aliphatic heterocycles. The van der Waals surface area contributed by atoms with Crippen LogP contribution < -0.4 is 0 Å². The Kier molecular flexibility index (Phi) is 5.21. The lowest BCUT2D eigenvalue weighted by molar-refractivity contribution is -0.130. The van der Waals surface area contributed by atoms with Gasteiger partial charge in [-0.1, -0.05) is 29.8 Å². The van der Waals surface area contributed by atoms with E-state index in [1.54, 1.807) is 4.90 Å². The summed E-state index contributed by atoms with van der Waals surface area (Å²) in [5.41, 5.74) is 2.92. The predicted octanol–water partition coefficient (Wildman–Crippen LogP) is 2.37. The van der Waals surface area contributed by atoms with Gasteiger partial charge in [0.25, 0.3) is 0 Å². The number of rotatable bonds is 5. The summed E-state index contributed by atoms with van der Waals surface area (Å²) in [7, 11) is 0. The van der Waals surface area contributed by atoms with E-state index in [0.717, 1.165) is 17.0 Å². The molecule has 2 atom stereocenters. The van der Waals surface area contributed by atoms with E-state index in [1.165, 1.54) is 0 Å². The van der Waals surface area contributed by atoms with E-state index in [2.05, 4.69) is 10.2 Å². The van der Waals surface area contributed by atoms with Crippen molar-refractivity contribution in [3.8, 4) is 0 Å². The van der Waals surface area contributed by atoms with Crippen LogP contribution in [0.15, 0.2) is 30.3 Å². The van der Waals surface area contributed by atoms with Crippen LogP contribution in [-0.4, -0.2) is 45.3 Å². The van der Waals surface area contributed by atoms with Gasteiger partial charge in [-0.15, -0.1) is 0 Å². The molecular weight excluding hydrogens is 326 g/mol. The number of carbonyl (C=O) groups excluding carboxylic acids is 1. The number of carbonyl (C=O) groups is 1. The molecule has 0 spiro atoms. The second-order valence-corrected chi connectivity index (χ2v) is 6.87. The minimum atomic E-state index is -0.494. The van der Waals surface area contributed by atoms with E-state index in [-0.39, 0.29) is 11.8 Å². The Morgan fingerprint density at radius 1 is 1.42 bits per heavy atom. The Bertz CT molecular complexity index is 716. The van der Waals surface area contributed by atoms with E-state index in [9.17, 15) is 9.90 Å². The molecule has 128 valence electrons.